The highest BCUT2D eigenvalue weighted by Gasteiger charge is 2.43. The van der Waals surface area contributed by atoms with Crippen molar-refractivity contribution in [2.75, 3.05) is 39.3 Å². The molecular weight excluding hydrogens is 493 g/mol. The van der Waals surface area contributed by atoms with Gasteiger partial charge in [0.2, 0.25) is 0 Å². The number of piperidine rings is 1. The summed E-state index contributed by atoms with van der Waals surface area (Å²) >= 11 is 0. The highest BCUT2D eigenvalue weighted by molar-refractivity contribution is 5.76. The van der Waals surface area contributed by atoms with E-state index in [4.69, 9.17) is 4.74 Å². The van der Waals surface area contributed by atoms with Gasteiger partial charge in [-0.15, -0.1) is 13.2 Å². The predicted octanol–water partition coefficient (Wildman–Crippen LogP) is 2.86. The molecule has 0 bridgehead atoms. The van der Waals surface area contributed by atoms with Crippen molar-refractivity contribution in [2.24, 2.45) is 11.8 Å². The maximum atomic E-state index is 13.1. The Kier molecular flexibility index (Phi) is 7.21. The van der Waals surface area contributed by atoms with E-state index in [2.05, 4.69) is 10.1 Å². The number of hydrogen-bond donors (Lipinski definition) is 2. The molecule has 0 spiro atoms. The van der Waals surface area contributed by atoms with Crippen molar-refractivity contribution in [2.45, 2.75) is 44.0 Å². The summed E-state index contributed by atoms with van der Waals surface area (Å²) in [6.07, 6.45) is -0.538. The molecule has 5 rings (SSSR count). The normalized spacial score (nSPS) is 29.4. The van der Waals surface area contributed by atoms with Crippen molar-refractivity contribution in [3.63, 3.8) is 0 Å². The summed E-state index contributed by atoms with van der Waals surface area (Å²) in [6.45, 7) is 3.74. The highest BCUT2D eigenvalue weighted by atomic mass is 19.4. The van der Waals surface area contributed by atoms with Gasteiger partial charge >= 0.3 is 18.5 Å². The van der Waals surface area contributed by atoms with Gasteiger partial charge < -0.3 is 29.7 Å². The van der Waals surface area contributed by atoms with Crippen LogP contribution in [0.25, 0.3) is 6.08 Å². The lowest BCUT2D eigenvalue weighted by molar-refractivity contribution is -0.274. The molecule has 1 unspecified atom stereocenters. The number of benzene rings is 1. The van der Waals surface area contributed by atoms with Gasteiger partial charge in [0.1, 0.15) is 18.1 Å². The third kappa shape index (κ3) is 6.12. The number of halogens is 3. The van der Waals surface area contributed by atoms with Crippen LogP contribution in [0.15, 0.2) is 30.3 Å². The van der Waals surface area contributed by atoms with E-state index in [1.165, 1.54) is 24.3 Å². The van der Waals surface area contributed by atoms with Gasteiger partial charge in [-0.25, -0.2) is 9.59 Å². The van der Waals surface area contributed by atoms with Gasteiger partial charge in [-0.1, -0.05) is 18.2 Å². The second-order valence-corrected chi connectivity index (χ2v) is 10.1. The Labute approximate surface area is 212 Å². The molecule has 0 aromatic heterocycles. The third-order valence-electron chi connectivity index (χ3n) is 7.76. The van der Waals surface area contributed by atoms with Gasteiger partial charge in [0, 0.05) is 32.7 Å². The van der Waals surface area contributed by atoms with Crippen LogP contribution < -0.4 is 10.1 Å². The van der Waals surface area contributed by atoms with Crippen molar-refractivity contribution >= 4 is 18.2 Å². The van der Waals surface area contributed by atoms with E-state index >= 15 is 0 Å². The molecule has 0 aliphatic carbocycles. The van der Waals surface area contributed by atoms with E-state index in [1.807, 2.05) is 9.80 Å². The first-order valence-corrected chi connectivity index (χ1v) is 12.6. The number of carbonyl (C=O) groups excluding carboxylic acids is 2. The van der Waals surface area contributed by atoms with Crippen molar-refractivity contribution in [1.29, 1.82) is 0 Å². The first-order chi connectivity index (χ1) is 17.6. The fourth-order valence-electron chi connectivity index (χ4n) is 5.79. The second-order valence-electron chi connectivity index (χ2n) is 10.1. The summed E-state index contributed by atoms with van der Waals surface area (Å²) in [5, 5.41) is 13.5. The number of alkyl carbamates (subject to hydrolysis) is 1. The molecule has 4 aliphatic rings. The largest absolute Gasteiger partial charge is 0.573 e. The van der Waals surface area contributed by atoms with Crippen LogP contribution in [0.5, 0.6) is 5.75 Å². The Hall–Kier alpha value is -2.99. The lowest BCUT2D eigenvalue weighted by Gasteiger charge is -2.35. The van der Waals surface area contributed by atoms with Crippen LogP contribution in [-0.4, -0.2) is 95.9 Å². The molecule has 12 heteroatoms. The predicted molar refractivity (Wildman–Crippen MR) is 126 cm³/mol. The van der Waals surface area contributed by atoms with E-state index in [-0.39, 0.29) is 23.9 Å². The zero-order valence-electron chi connectivity index (χ0n) is 20.3. The van der Waals surface area contributed by atoms with Crippen LogP contribution in [0.3, 0.4) is 0 Å². The van der Waals surface area contributed by atoms with Gasteiger partial charge in [-0.3, -0.25) is 4.90 Å². The molecule has 4 fully saturated rings. The van der Waals surface area contributed by atoms with Crippen molar-refractivity contribution in [1.82, 2.24) is 20.0 Å². The fraction of sp³-hybridized carbons (Fsp3) is 0.600. The number of amides is 3. The van der Waals surface area contributed by atoms with Crippen molar-refractivity contribution < 1.29 is 37.3 Å². The summed E-state index contributed by atoms with van der Waals surface area (Å²) < 4.78 is 46.1. The maximum absolute atomic E-state index is 13.1. The number of alkyl halides is 3. The van der Waals surface area contributed by atoms with Crippen LogP contribution in [0.2, 0.25) is 0 Å². The lowest BCUT2D eigenvalue weighted by atomic mass is 9.92. The van der Waals surface area contributed by atoms with Crippen LogP contribution in [0.4, 0.5) is 22.8 Å². The molecule has 1 aromatic rings. The number of ether oxygens (including phenoxy) is 2. The van der Waals surface area contributed by atoms with Gasteiger partial charge in [0.05, 0.1) is 12.6 Å². The summed E-state index contributed by atoms with van der Waals surface area (Å²) in [4.78, 5) is 30.3. The first kappa shape index (κ1) is 25.7. The van der Waals surface area contributed by atoms with Crippen LogP contribution in [0, 0.1) is 11.8 Å². The number of nitrogens with one attached hydrogen (secondary N) is 1. The number of nitrogens with zero attached hydrogens (tertiary/aromatic N) is 3. The number of aliphatic hydroxyl groups excluding tert-OH is 1. The summed E-state index contributed by atoms with van der Waals surface area (Å²) in [7, 11) is 0. The maximum Gasteiger partial charge on any atom is 0.573 e. The molecule has 4 heterocycles. The van der Waals surface area contributed by atoms with Crippen molar-refractivity contribution in [3.05, 3.63) is 35.9 Å². The van der Waals surface area contributed by atoms with Gasteiger partial charge in [0.15, 0.2) is 0 Å². The topological polar surface area (TPSA) is 94.6 Å². The molecule has 2 N–H and O–H groups in total. The van der Waals surface area contributed by atoms with Gasteiger partial charge in [-0.2, -0.15) is 0 Å². The molecule has 4 saturated heterocycles. The first-order valence-electron chi connectivity index (χ1n) is 12.6. The van der Waals surface area contributed by atoms with E-state index < -0.39 is 18.7 Å². The standard InChI is InChI=1S/C25H31F3N4O5/c26-25(27,28)37-19-4-1-16(2-5-19)3-6-22(33)30-10-7-17-13-32(14-18(17)8-11-30)24(35)31-12-9-20-21(15-31)36-23(34)29-20/h1-6,17-18,20-22,33H,7-15H2,(H,29,34)/b6-3+/t17-,18+,20-,21-,22?/m1/s1. The Morgan fingerprint density at radius 1 is 1.05 bits per heavy atom. The monoisotopic (exact) mass is 524 g/mol. The molecule has 0 radical (unpaired) electrons. The summed E-state index contributed by atoms with van der Waals surface area (Å²) in [6, 6.07) is 5.45. The Morgan fingerprint density at radius 2 is 1.73 bits per heavy atom. The molecule has 1 aromatic carbocycles. The number of carbonyl (C=O) groups is 2. The smallest absolute Gasteiger partial charge is 0.442 e. The van der Waals surface area contributed by atoms with Gasteiger partial charge in [0.25, 0.3) is 0 Å². The number of urea groups is 1. The van der Waals surface area contributed by atoms with Crippen LogP contribution in [0.1, 0.15) is 24.8 Å². The Morgan fingerprint density at radius 3 is 2.38 bits per heavy atom. The number of hydrogen-bond acceptors (Lipinski definition) is 6. The minimum atomic E-state index is -4.73. The number of aliphatic hydroxyl groups is 1. The minimum absolute atomic E-state index is 0.000879. The van der Waals surface area contributed by atoms with E-state index in [1.54, 1.807) is 17.1 Å². The molecule has 5 atom stereocenters. The second kappa shape index (κ2) is 10.4. The SMILES string of the molecule is O=C1N[C@@H]2CCN(C(=O)N3C[C@H]4CCN(C(O)/C=C/c5ccc(OC(F)(F)F)cc5)CC[C@H]4C3)C[C@H]2O1. The van der Waals surface area contributed by atoms with Crippen LogP contribution >= 0.6 is 0 Å². The lowest BCUT2D eigenvalue weighted by Crippen LogP contribution is -2.53. The molecule has 0 saturated carbocycles. The van der Waals surface area contributed by atoms with Gasteiger partial charge in [-0.05, 0) is 54.9 Å². The molecule has 4 aliphatic heterocycles. The minimum Gasteiger partial charge on any atom is -0.442 e. The Balaban J connectivity index is 1.10. The molecule has 202 valence electrons. The van der Waals surface area contributed by atoms with Crippen molar-refractivity contribution in [3.8, 4) is 5.75 Å². The average Bonchev–Trinajstić information content (AvgIpc) is 3.37. The highest BCUT2D eigenvalue weighted by Crippen LogP contribution is 2.33. The number of likely N-dealkylation sites (tertiary alicyclic amines) is 3. The zero-order chi connectivity index (χ0) is 26.2. The fourth-order valence-corrected chi connectivity index (χ4v) is 5.79. The molecule has 37 heavy (non-hydrogen) atoms. The van der Waals surface area contributed by atoms with E-state index in [9.17, 15) is 27.9 Å². The molecule has 3 amide bonds. The summed E-state index contributed by atoms with van der Waals surface area (Å²) in [5.74, 6) is 0.421. The average molecular weight is 525 g/mol. The van der Waals surface area contributed by atoms with E-state index in [0.717, 1.165) is 12.8 Å². The zero-order valence-corrected chi connectivity index (χ0v) is 20.3. The molecule has 9 nitrogen and oxygen atoms in total. The van der Waals surface area contributed by atoms with E-state index in [0.29, 0.717) is 63.1 Å². The molecular formula is C25H31F3N4O5. The number of fused-ring (bicyclic) bond motifs is 2. The third-order valence-corrected chi connectivity index (χ3v) is 7.76. The number of rotatable bonds is 4. The Bertz CT molecular complexity index is 1000. The van der Waals surface area contributed by atoms with Crippen LogP contribution in [-0.2, 0) is 4.74 Å². The quantitative estimate of drug-likeness (QED) is 0.629. The summed E-state index contributed by atoms with van der Waals surface area (Å²) in [5.41, 5.74) is 0.654.